The van der Waals surface area contributed by atoms with Gasteiger partial charge < -0.3 is 5.32 Å². The third kappa shape index (κ3) is 4.38. The number of nitrogens with zero attached hydrogens (tertiary/aromatic N) is 2. The van der Waals surface area contributed by atoms with Crippen molar-refractivity contribution in [1.29, 1.82) is 0 Å². The molecule has 2 rings (SSSR count). The fraction of sp³-hybridized carbons (Fsp3) is 0.714. The second-order valence-electron chi connectivity index (χ2n) is 5.74. The Labute approximate surface area is 126 Å². The average Bonchev–Trinajstić information content (AvgIpc) is 3.24. The summed E-state index contributed by atoms with van der Waals surface area (Å²) in [6, 6.07) is 0. The molecule has 2 N–H and O–H groups in total. The van der Waals surface area contributed by atoms with Gasteiger partial charge in [-0.1, -0.05) is 20.3 Å². The zero-order valence-corrected chi connectivity index (χ0v) is 13.5. The molecule has 1 heterocycles. The van der Waals surface area contributed by atoms with Crippen LogP contribution in [0.3, 0.4) is 0 Å². The lowest BCUT2D eigenvalue weighted by Crippen LogP contribution is -2.30. The van der Waals surface area contributed by atoms with Gasteiger partial charge in [0.15, 0.2) is 0 Å². The smallest absolute Gasteiger partial charge is 0.243 e. The minimum absolute atomic E-state index is 0.122. The van der Waals surface area contributed by atoms with E-state index in [2.05, 4.69) is 26.9 Å². The Balaban J connectivity index is 1.96. The van der Waals surface area contributed by atoms with Crippen LogP contribution in [0, 0.1) is 5.41 Å². The van der Waals surface area contributed by atoms with Crippen LogP contribution in [-0.4, -0.2) is 31.5 Å². The molecule has 0 aromatic carbocycles. The zero-order chi connectivity index (χ0) is 15.3. The van der Waals surface area contributed by atoms with E-state index in [9.17, 15) is 8.42 Å². The van der Waals surface area contributed by atoms with Gasteiger partial charge in [0.2, 0.25) is 16.0 Å². The molecule has 0 radical (unpaired) electrons. The molecule has 1 aliphatic rings. The van der Waals surface area contributed by atoms with E-state index in [0.717, 1.165) is 38.6 Å². The van der Waals surface area contributed by atoms with Crippen molar-refractivity contribution in [3.8, 4) is 0 Å². The fourth-order valence-electron chi connectivity index (χ4n) is 2.34. The molecular formula is C14H24N4O2S. The van der Waals surface area contributed by atoms with E-state index in [0.29, 0.717) is 12.5 Å². The van der Waals surface area contributed by atoms with Crippen LogP contribution in [0.2, 0.25) is 0 Å². The van der Waals surface area contributed by atoms with Gasteiger partial charge in [-0.2, -0.15) is 0 Å². The highest BCUT2D eigenvalue weighted by atomic mass is 32.2. The van der Waals surface area contributed by atoms with Crippen molar-refractivity contribution >= 4 is 16.0 Å². The van der Waals surface area contributed by atoms with Crippen LogP contribution >= 0.6 is 0 Å². The Bertz CT molecular complexity index is 553. The summed E-state index contributed by atoms with van der Waals surface area (Å²) in [6.45, 7) is 5.45. The van der Waals surface area contributed by atoms with Crippen molar-refractivity contribution < 1.29 is 8.42 Å². The molecule has 0 aliphatic heterocycles. The third-order valence-corrected chi connectivity index (χ3v) is 5.20. The fourth-order valence-corrected chi connectivity index (χ4v) is 3.38. The number of nitrogens with one attached hydrogen (secondary N) is 2. The number of aromatic nitrogens is 2. The SMILES string of the molecule is CCCNc1ncc(S(=O)(=O)NCC2(CCC)CC2)cn1. The first-order chi connectivity index (χ1) is 10.0. The minimum atomic E-state index is -3.51. The molecule has 0 atom stereocenters. The molecule has 0 spiro atoms. The van der Waals surface area contributed by atoms with E-state index < -0.39 is 10.0 Å². The van der Waals surface area contributed by atoms with Crippen molar-refractivity contribution in [2.45, 2.75) is 50.8 Å². The molecule has 0 unspecified atom stereocenters. The molecule has 1 aromatic heterocycles. The average molecular weight is 312 g/mol. The summed E-state index contributed by atoms with van der Waals surface area (Å²) in [5, 5.41) is 3.02. The highest BCUT2D eigenvalue weighted by molar-refractivity contribution is 7.89. The van der Waals surface area contributed by atoms with Crippen molar-refractivity contribution in [1.82, 2.24) is 14.7 Å². The summed E-state index contributed by atoms with van der Waals surface area (Å²) in [6.07, 6.45) is 8.05. The Hall–Kier alpha value is -1.21. The van der Waals surface area contributed by atoms with E-state index in [-0.39, 0.29) is 10.3 Å². The number of rotatable bonds is 9. The van der Waals surface area contributed by atoms with Crippen molar-refractivity contribution in [3.63, 3.8) is 0 Å². The van der Waals surface area contributed by atoms with Gasteiger partial charge in [0.25, 0.3) is 0 Å². The summed E-state index contributed by atoms with van der Waals surface area (Å²) >= 11 is 0. The predicted molar refractivity (Wildman–Crippen MR) is 82.6 cm³/mol. The van der Waals surface area contributed by atoms with Crippen LogP contribution < -0.4 is 10.0 Å². The van der Waals surface area contributed by atoms with Gasteiger partial charge in [-0.3, -0.25) is 0 Å². The maximum Gasteiger partial charge on any atom is 0.243 e. The maximum atomic E-state index is 12.2. The molecule has 118 valence electrons. The summed E-state index contributed by atoms with van der Waals surface area (Å²) in [7, 11) is -3.51. The molecule has 1 fully saturated rings. The highest BCUT2D eigenvalue weighted by Gasteiger charge is 2.42. The summed E-state index contributed by atoms with van der Waals surface area (Å²) < 4.78 is 27.1. The lowest BCUT2D eigenvalue weighted by atomic mass is 10.0. The van der Waals surface area contributed by atoms with Gasteiger partial charge in [0.05, 0.1) is 12.4 Å². The molecular weight excluding hydrogens is 288 g/mol. The molecule has 0 amide bonds. The second-order valence-corrected chi connectivity index (χ2v) is 7.51. The molecule has 6 nitrogen and oxygen atoms in total. The van der Waals surface area contributed by atoms with E-state index >= 15 is 0 Å². The van der Waals surface area contributed by atoms with Gasteiger partial charge in [-0.05, 0) is 31.1 Å². The third-order valence-electron chi connectivity index (χ3n) is 3.85. The van der Waals surface area contributed by atoms with Gasteiger partial charge in [0.1, 0.15) is 4.90 Å². The standard InChI is InChI=1S/C14H24N4O2S/c1-3-5-14(6-7-14)11-18-21(19,20)12-9-16-13(17-10-12)15-8-4-2/h9-10,18H,3-8,11H2,1-2H3,(H,15,16,17). The van der Waals surface area contributed by atoms with E-state index in [4.69, 9.17) is 0 Å². The topological polar surface area (TPSA) is 84.0 Å². The first-order valence-corrected chi connectivity index (χ1v) is 9.05. The largest absolute Gasteiger partial charge is 0.354 e. The zero-order valence-electron chi connectivity index (χ0n) is 12.7. The Morgan fingerprint density at radius 2 is 1.86 bits per heavy atom. The maximum absolute atomic E-state index is 12.2. The molecule has 1 aliphatic carbocycles. The quantitative estimate of drug-likeness (QED) is 0.730. The van der Waals surface area contributed by atoms with Crippen LogP contribution in [0.15, 0.2) is 17.3 Å². The molecule has 0 bridgehead atoms. The number of hydrogen-bond donors (Lipinski definition) is 2. The summed E-state index contributed by atoms with van der Waals surface area (Å²) in [4.78, 5) is 8.20. The predicted octanol–water partition coefficient (Wildman–Crippen LogP) is 2.16. The van der Waals surface area contributed by atoms with Crippen LogP contribution in [0.1, 0.15) is 46.0 Å². The Morgan fingerprint density at radius 3 is 2.38 bits per heavy atom. The van der Waals surface area contributed by atoms with E-state index in [1.54, 1.807) is 0 Å². The van der Waals surface area contributed by atoms with Crippen LogP contribution in [0.25, 0.3) is 0 Å². The normalized spacial score (nSPS) is 16.7. The van der Waals surface area contributed by atoms with Crippen molar-refractivity contribution in [2.75, 3.05) is 18.4 Å². The van der Waals surface area contributed by atoms with Gasteiger partial charge in [-0.15, -0.1) is 0 Å². The summed E-state index contributed by atoms with van der Waals surface area (Å²) in [5.74, 6) is 0.459. The van der Waals surface area contributed by atoms with Crippen LogP contribution in [0.4, 0.5) is 5.95 Å². The van der Waals surface area contributed by atoms with E-state index in [1.807, 2.05) is 6.92 Å². The minimum Gasteiger partial charge on any atom is -0.354 e. The number of sulfonamides is 1. The van der Waals surface area contributed by atoms with Gasteiger partial charge in [-0.25, -0.2) is 23.1 Å². The lowest BCUT2D eigenvalue weighted by Gasteiger charge is -2.15. The number of anilines is 1. The highest BCUT2D eigenvalue weighted by Crippen LogP contribution is 2.49. The summed E-state index contributed by atoms with van der Waals surface area (Å²) in [5.41, 5.74) is 0.186. The van der Waals surface area contributed by atoms with Gasteiger partial charge >= 0.3 is 0 Å². The molecule has 21 heavy (non-hydrogen) atoms. The Morgan fingerprint density at radius 1 is 1.19 bits per heavy atom. The molecule has 7 heteroatoms. The Kier molecular flexibility index (Phi) is 5.16. The molecule has 0 saturated heterocycles. The second kappa shape index (κ2) is 6.70. The van der Waals surface area contributed by atoms with Crippen molar-refractivity contribution in [2.24, 2.45) is 5.41 Å². The van der Waals surface area contributed by atoms with Crippen LogP contribution in [-0.2, 0) is 10.0 Å². The van der Waals surface area contributed by atoms with E-state index in [1.165, 1.54) is 12.4 Å². The van der Waals surface area contributed by atoms with Crippen molar-refractivity contribution in [3.05, 3.63) is 12.4 Å². The monoisotopic (exact) mass is 312 g/mol. The van der Waals surface area contributed by atoms with Gasteiger partial charge in [0, 0.05) is 13.1 Å². The molecule has 1 saturated carbocycles. The lowest BCUT2D eigenvalue weighted by molar-refractivity contribution is 0.449. The molecule has 1 aromatic rings. The first kappa shape index (κ1) is 16.2. The first-order valence-electron chi connectivity index (χ1n) is 7.57. The van der Waals surface area contributed by atoms with Crippen LogP contribution in [0.5, 0.6) is 0 Å². The number of hydrogen-bond acceptors (Lipinski definition) is 5.